The molecule has 0 amide bonds. The second kappa shape index (κ2) is 6.01. The van der Waals surface area contributed by atoms with Gasteiger partial charge in [-0.3, -0.25) is 4.98 Å². The molecule has 1 heterocycles. The highest BCUT2D eigenvalue weighted by Crippen LogP contribution is 2.38. The summed E-state index contributed by atoms with van der Waals surface area (Å²) in [5.74, 6) is 1.79. The van der Waals surface area contributed by atoms with Crippen molar-refractivity contribution in [3.8, 4) is 5.75 Å². The third-order valence-electron chi connectivity index (χ3n) is 3.26. The van der Waals surface area contributed by atoms with Crippen molar-refractivity contribution < 1.29 is 4.74 Å². The van der Waals surface area contributed by atoms with E-state index in [4.69, 9.17) is 4.74 Å². The predicted molar refractivity (Wildman–Crippen MR) is 69.2 cm³/mol. The molecule has 3 nitrogen and oxygen atoms in total. The van der Waals surface area contributed by atoms with Crippen LogP contribution in [-0.2, 0) is 0 Å². The van der Waals surface area contributed by atoms with E-state index >= 15 is 0 Å². The van der Waals surface area contributed by atoms with Crippen LogP contribution in [0.2, 0.25) is 0 Å². The lowest BCUT2D eigenvalue weighted by molar-refractivity contribution is 0.384. The van der Waals surface area contributed by atoms with Gasteiger partial charge in [0, 0.05) is 6.20 Å². The Bertz CT molecular complexity index is 350. The van der Waals surface area contributed by atoms with E-state index in [2.05, 4.69) is 17.2 Å². The van der Waals surface area contributed by atoms with E-state index < -0.39 is 0 Å². The number of aromatic nitrogens is 1. The van der Waals surface area contributed by atoms with Crippen LogP contribution in [0, 0.1) is 5.92 Å². The Hall–Kier alpha value is -1.09. The molecule has 0 aromatic carbocycles. The molecule has 1 atom stereocenters. The second-order valence-corrected chi connectivity index (χ2v) is 4.78. The van der Waals surface area contributed by atoms with Crippen LogP contribution in [0.4, 0.5) is 0 Å². The molecule has 0 spiro atoms. The van der Waals surface area contributed by atoms with E-state index in [1.165, 1.54) is 19.3 Å². The van der Waals surface area contributed by atoms with E-state index in [-0.39, 0.29) is 0 Å². The fraction of sp³-hybridized carbons (Fsp3) is 0.643. The summed E-state index contributed by atoms with van der Waals surface area (Å²) in [5.41, 5.74) is 1.07. The Kier molecular flexibility index (Phi) is 4.37. The smallest absolute Gasteiger partial charge is 0.141 e. The average Bonchev–Trinajstić information content (AvgIpc) is 3.18. The number of pyridine rings is 1. The van der Waals surface area contributed by atoms with Gasteiger partial charge in [0.15, 0.2) is 0 Å². The molecule has 94 valence electrons. The summed E-state index contributed by atoms with van der Waals surface area (Å²) in [6, 6.07) is 4.27. The first-order valence-electron chi connectivity index (χ1n) is 6.57. The largest absolute Gasteiger partial charge is 0.495 e. The Morgan fingerprint density at radius 1 is 1.53 bits per heavy atom. The summed E-state index contributed by atoms with van der Waals surface area (Å²) in [7, 11) is 1.72. The molecule has 0 radical (unpaired) electrons. The summed E-state index contributed by atoms with van der Waals surface area (Å²) in [6.07, 6.45) is 6.94. The van der Waals surface area contributed by atoms with E-state index in [9.17, 15) is 0 Å². The van der Waals surface area contributed by atoms with Gasteiger partial charge in [-0.15, -0.1) is 0 Å². The zero-order valence-corrected chi connectivity index (χ0v) is 10.8. The lowest BCUT2D eigenvalue weighted by Crippen LogP contribution is -2.24. The van der Waals surface area contributed by atoms with E-state index in [1.807, 2.05) is 18.3 Å². The predicted octanol–water partition coefficient (Wildman–Crippen LogP) is 2.93. The van der Waals surface area contributed by atoms with Crippen molar-refractivity contribution in [2.45, 2.75) is 38.6 Å². The zero-order chi connectivity index (χ0) is 12.1. The van der Waals surface area contributed by atoms with Gasteiger partial charge in [-0.2, -0.15) is 0 Å². The van der Waals surface area contributed by atoms with Gasteiger partial charge in [-0.25, -0.2) is 0 Å². The number of nitrogens with zero attached hydrogens (tertiary/aromatic N) is 1. The fourth-order valence-electron chi connectivity index (χ4n) is 2.13. The number of methoxy groups -OCH3 is 1. The monoisotopic (exact) mass is 234 g/mol. The molecule has 17 heavy (non-hydrogen) atoms. The Labute approximate surface area is 104 Å². The van der Waals surface area contributed by atoms with Crippen LogP contribution in [0.5, 0.6) is 5.75 Å². The first-order chi connectivity index (χ1) is 8.35. The summed E-state index contributed by atoms with van der Waals surface area (Å²) in [6.45, 7) is 3.23. The van der Waals surface area contributed by atoms with Crippen molar-refractivity contribution in [2.75, 3.05) is 13.7 Å². The van der Waals surface area contributed by atoms with Crippen LogP contribution in [-0.4, -0.2) is 18.6 Å². The maximum Gasteiger partial charge on any atom is 0.141 e. The molecular formula is C14H22N2O. The van der Waals surface area contributed by atoms with Crippen molar-refractivity contribution in [1.82, 2.24) is 10.3 Å². The molecule has 1 N–H and O–H groups in total. The SMILES string of the molecule is CCCNC(CC1CC1)c1ncccc1OC. The van der Waals surface area contributed by atoms with Gasteiger partial charge in [0.25, 0.3) is 0 Å². The van der Waals surface area contributed by atoms with Gasteiger partial charge < -0.3 is 10.1 Å². The Balaban J connectivity index is 2.10. The van der Waals surface area contributed by atoms with Crippen molar-refractivity contribution >= 4 is 0 Å². The van der Waals surface area contributed by atoms with E-state index in [1.54, 1.807) is 7.11 Å². The lowest BCUT2D eigenvalue weighted by Gasteiger charge is -2.19. The zero-order valence-electron chi connectivity index (χ0n) is 10.8. The minimum Gasteiger partial charge on any atom is -0.495 e. The van der Waals surface area contributed by atoms with Crippen LogP contribution in [0.25, 0.3) is 0 Å². The standard InChI is InChI=1S/C14H22N2O/c1-3-8-15-12(10-11-6-7-11)14-13(17-2)5-4-9-16-14/h4-5,9,11-12,15H,3,6-8,10H2,1-2H3. The number of hydrogen-bond acceptors (Lipinski definition) is 3. The number of rotatable bonds is 7. The van der Waals surface area contributed by atoms with Crippen LogP contribution >= 0.6 is 0 Å². The molecule has 1 aliphatic rings. The van der Waals surface area contributed by atoms with Crippen LogP contribution in [0.3, 0.4) is 0 Å². The lowest BCUT2D eigenvalue weighted by atomic mass is 10.1. The average molecular weight is 234 g/mol. The first kappa shape index (κ1) is 12.4. The molecule has 0 saturated heterocycles. The van der Waals surface area contributed by atoms with E-state index in [0.717, 1.165) is 30.3 Å². The highest BCUT2D eigenvalue weighted by atomic mass is 16.5. The summed E-state index contributed by atoms with van der Waals surface area (Å²) < 4.78 is 5.41. The minimum atomic E-state index is 0.346. The van der Waals surface area contributed by atoms with Crippen LogP contribution in [0.1, 0.15) is 44.3 Å². The third kappa shape index (κ3) is 3.43. The van der Waals surface area contributed by atoms with Gasteiger partial charge >= 0.3 is 0 Å². The fourth-order valence-corrected chi connectivity index (χ4v) is 2.13. The maximum atomic E-state index is 5.41. The molecule has 0 bridgehead atoms. The topological polar surface area (TPSA) is 34.2 Å². The maximum absolute atomic E-state index is 5.41. The molecule has 1 fully saturated rings. The van der Waals surface area contributed by atoms with Gasteiger partial charge in [0.1, 0.15) is 5.75 Å². The number of ether oxygens (including phenoxy) is 1. The molecule has 1 aromatic rings. The van der Waals surface area contributed by atoms with Gasteiger partial charge in [-0.1, -0.05) is 19.8 Å². The minimum absolute atomic E-state index is 0.346. The molecule has 1 aliphatic carbocycles. The van der Waals surface area contributed by atoms with Crippen molar-refractivity contribution in [2.24, 2.45) is 5.92 Å². The molecule has 2 rings (SSSR count). The number of nitrogens with one attached hydrogen (secondary N) is 1. The molecular weight excluding hydrogens is 212 g/mol. The summed E-state index contributed by atoms with van der Waals surface area (Å²) in [4.78, 5) is 4.50. The Morgan fingerprint density at radius 3 is 3.00 bits per heavy atom. The third-order valence-corrected chi connectivity index (χ3v) is 3.26. The van der Waals surface area contributed by atoms with Crippen molar-refractivity contribution in [1.29, 1.82) is 0 Å². The van der Waals surface area contributed by atoms with Gasteiger partial charge in [0.2, 0.25) is 0 Å². The van der Waals surface area contributed by atoms with Crippen LogP contribution in [0.15, 0.2) is 18.3 Å². The van der Waals surface area contributed by atoms with Crippen molar-refractivity contribution in [3.05, 3.63) is 24.0 Å². The van der Waals surface area contributed by atoms with Crippen LogP contribution < -0.4 is 10.1 Å². The highest BCUT2D eigenvalue weighted by Gasteiger charge is 2.28. The quantitative estimate of drug-likeness (QED) is 0.787. The highest BCUT2D eigenvalue weighted by molar-refractivity contribution is 5.29. The van der Waals surface area contributed by atoms with Gasteiger partial charge in [0.05, 0.1) is 18.8 Å². The molecule has 0 aliphatic heterocycles. The number of hydrogen-bond donors (Lipinski definition) is 1. The summed E-state index contributed by atoms with van der Waals surface area (Å²) >= 11 is 0. The first-order valence-corrected chi connectivity index (χ1v) is 6.57. The van der Waals surface area contributed by atoms with E-state index in [0.29, 0.717) is 6.04 Å². The summed E-state index contributed by atoms with van der Waals surface area (Å²) in [5, 5.41) is 3.59. The normalized spacial score (nSPS) is 16.8. The van der Waals surface area contributed by atoms with Gasteiger partial charge in [-0.05, 0) is 37.4 Å². The molecule has 3 heteroatoms. The second-order valence-electron chi connectivity index (χ2n) is 4.78. The van der Waals surface area contributed by atoms with Crippen molar-refractivity contribution in [3.63, 3.8) is 0 Å². The molecule has 1 aromatic heterocycles. The molecule has 1 unspecified atom stereocenters. The molecule has 1 saturated carbocycles. The Morgan fingerprint density at radius 2 is 2.35 bits per heavy atom.